The molecule has 0 aliphatic carbocycles. The molecule has 0 aliphatic heterocycles. The van der Waals surface area contributed by atoms with E-state index in [1.165, 1.54) is 6.20 Å². The maximum absolute atomic E-state index is 10.8. The first-order chi connectivity index (χ1) is 5.96. The van der Waals surface area contributed by atoms with Crippen LogP contribution in [0.4, 0.5) is 0 Å². The van der Waals surface area contributed by atoms with Crippen molar-refractivity contribution < 1.29 is 29.9 Å². The Morgan fingerprint density at radius 1 is 1.57 bits per heavy atom. The first-order valence-electron chi connectivity index (χ1n) is 4.00. The van der Waals surface area contributed by atoms with Crippen molar-refractivity contribution in [1.82, 2.24) is 3.97 Å². The fourth-order valence-electron chi connectivity index (χ4n) is 1.21. The van der Waals surface area contributed by atoms with E-state index in [2.05, 4.69) is 0 Å². The number of hydrogen-bond acceptors (Lipinski definition) is 2. The summed E-state index contributed by atoms with van der Waals surface area (Å²) < 4.78 is 33.1. The molecule has 0 saturated heterocycles. The lowest BCUT2D eigenvalue weighted by Gasteiger charge is -1.96. The molecular weight excluding hydrogens is 228 g/mol. The molecule has 7 heteroatoms. The monoisotopic (exact) mass is 240 g/mol. The minimum Gasteiger partial charge on any atom is -1.00 e. The molecule has 0 bridgehead atoms. The van der Waals surface area contributed by atoms with Gasteiger partial charge in [0.1, 0.15) is 12.4 Å². The van der Waals surface area contributed by atoms with Crippen molar-refractivity contribution in [2.75, 3.05) is 0 Å². The van der Waals surface area contributed by atoms with Crippen LogP contribution in [0, 0.1) is 0 Å². The van der Waals surface area contributed by atoms with Crippen LogP contribution in [-0.2, 0) is 23.8 Å². The molecule has 0 amide bonds. The Hall–Kier alpha value is -0.590. The zero-order chi connectivity index (χ0) is 10.1. The van der Waals surface area contributed by atoms with Gasteiger partial charge >= 0.3 is 10.3 Å². The maximum Gasteiger partial charge on any atom is 0.439 e. The lowest BCUT2D eigenvalue weighted by atomic mass is 10.3. The van der Waals surface area contributed by atoms with Crippen LogP contribution in [0.15, 0.2) is 12.4 Å². The number of halogens is 1. The minimum atomic E-state index is -4.14. The van der Waals surface area contributed by atoms with E-state index < -0.39 is 10.3 Å². The van der Waals surface area contributed by atoms with Gasteiger partial charge in [-0.15, -0.1) is 0 Å². The Morgan fingerprint density at radius 2 is 2.14 bits per heavy atom. The molecule has 0 unspecified atom stereocenters. The zero-order valence-electron chi connectivity index (χ0n) is 8.01. The van der Waals surface area contributed by atoms with Gasteiger partial charge in [0.25, 0.3) is 5.82 Å². The molecule has 1 heterocycles. The fraction of sp³-hybridized carbons (Fsp3) is 0.571. The van der Waals surface area contributed by atoms with E-state index in [0.29, 0.717) is 12.2 Å². The van der Waals surface area contributed by atoms with Crippen molar-refractivity contribution in [3.8, 4) is 0 Å². The van der Waals surface area contributed by atoms with Crippen molar-refractivity contribution in [3.05, 3.63) is 18.2 Å². The lowest BCUT2D eigenvalue weighted by molar-refractivity contribution is -0.678. The van der Waals surface area contributed by atoms with Gasteiger partial charge in [-0.3, -0.25) is 4.55 Å². The normalized spacial score (nSPS) is 11.1. The first-order valence-corrected chi connectivity index (χ1v) is 5.40. The van der Waals surface area contributed by atoms with Crippen LogP contribution < -0.4 is 17.0 Å². The van der Waals surface area contributed by atoms with Gasteiger partial charge in [0.05, 0.1) is 13.5 Å². The minimum absolute atomic E-state index is 0. The average molecular weight is 241 g/mol. The second-order valence-corrected chi connectivity index (χ2v) is 4.14. The topological polar surface area (TPSA) is 63.2 Å². The molecule has 14 heavy (non-hydrogen) atoms. The predicted molar refractivity (Wildman–Crippen MR) is 46.5 cm³/mol. The van der Waals surface area contributed by atoms with Gasteiger partial charge in [0.2, 0.25) is 0 Å². The molecule has 82 valence electrons. The molecule has 1 rings (SSSR count). The highest BCUT2D eigenvalue weighted by Gasteiger charge is 2.22. The smallest absolute Gasteiger partial charge is 0.439 e. The third-order valence-electron chi connectivity index (χ3n) is 1.81. The summed E-state index contributed by atoms with van der Waals surface area (Å²) in [5, 5.41) is 0. The highest BCUT2D eigenvalue weighted by Crippen LogP contribution is 2.01. The summed E-state index contributed by atoms with van der Waals surface area (Å²) >= 11 is 0. The molecule has 1 aromatic rings. The molecular formula is C7H13ClN2O3S. The molecule has 0 saturated carbocycles. The van der Waals surface area contributed by atoms with E-state index in [-0.39, 0.29) is 12.4 Å². The summed E-state index contributed by atoms with van der Waals surface area (Å²) in [5.74, 6) is 0.574. The van der Waals surface area contributed by atoms with Crippen molar-refractivity contribution in [1.29, 1.82) is 0 Å². The van der Waals surface area contributed by atoms with Crippen molar-refractivity contribution in [3.63, 3.8) is 0 Å². The number of imidazole rings is 1. The number of aryl methyl sites for hydroxylation is 1. The highest BCUT2D eigenvalue weighted by atomic mass is 35.5. The van der Waals surface area contributed by atoms with Crippen LogP contribution in [0.5, 0.6) is 0 Å². The van der Waals surface area contributed by atoms with Gasteiger partial charge in [-0.05, 0) is 6.42 Å². The zero-order valence-corrected chi connectivity index (χ0v) is 9.59. The molecule has 0 fully saturated rings. The fourth-order valence-corrected chi connectivity index (χ4v) is 1.90. The maximum atomic E-state index is 10.8. The van der Waals surface area contributed by atoms with Crippen LogP contribution in [0.2, 0.25) is 0 Å². The van der Waals surface area contributed by atoms with Crippen LogP contribution in [0.3, 0.4) is 0 Å². The Kier molecular flexibility index (Phi) is 4.57. The van der Waals surface area contributed by atoms with Crippen molar-refractivity contribution >= 4 is 10.3 Å². The van der Waals surface area contributed by atoms with E-state index >= 15 is 0 Å². The summed E-state index contributed by atoms with van der Waals surface area (Å²) in [6.45, 7) is 1.95. The van der Waals surface area contributed by atoms with E-state index in [0.717, 1.165) is 10.4 Å². The van der Waals surface area contributed by atoms with Gasteiger partial charge in [-0.25, -0.2) is 4.57 Å². The summed E-state index contributed by atoms with van der Waals surface area (Å²) in [6, 6.07) is 0. The van der Waals surface area contributed by atoms with E-state index in [4.69, 9.17) is 4.55 Å². The molecule has 0 atom stereocenters. The summed E-state index contributed by atoms with van der Waals surface area (Å²) in [7, 11) is -2.40. The average Bonchev–Trinajstić information content (AvgIpc) is 2.32. The Morgan fingerprint density at radius 3 is 2.57 bits per heavy atom. The predicted octanol–water partition coefficient (Wildman–Crippen LogP) is -3.08. The van der Waals surface area contributed by atoms with E-state index in [1.54, 1.807) is 17.8 Å². The van der Waals surface area contributed by atoms with E-state index in [9.17, 15) is 8.42 Å². The highest BCUT2D eigenvalue weighted by molar-refractivity contribution is 7.84. The Bertz CT molecular complexity index is 399. The number of rotatable bonds is 3. The molecule has 1 N–H and O–H groups in total. The summed E-state index contributed by atoms with van der Waals surface area (Å²) in [4.78, 5) is 0. The van der Waals surface area contributed by atoms with Gasteiger partial charge in [0, 0.05) is 0 Å². The largest absolute Gasteiger partial charge is 1.00 e. The second-order valence-electron chi connectivity index (χ2n) is 2.85. The molecule has 0 spiro atoms. The summed E-state index contributed by atoms with van der Waals surface area (Å²) in [6.07, 6.45) is 4.37. The number of hydrogen-bond donors (Lipinski definition) is 1. The molecule has 5 nitrogen and oxygen atoms in total. The van der Waals surface area contributed by atoms with Gasteiger partial charge in [0.15, 0.2) is 0 Å². The quantitative estimate of drug-likeness (QED) is 0.450. The Balaban J connectivity index is 0.00000169. The van der Waals surface area contributed by atoms with Crippen LogP contribution in [0.25, 0.3) is 0 Å². The van der Waals surface area contributed by atoms with Crippen LogP contribution >= 0.6 is 0 Å². The molecule has 0 aliphatic rings. The van der Waals surface area contributed by atoms with Gasteiger partial charge in [-0.2, -0.15) is 8.42 Å². The standard InChI is InChI=1S/C7H12N2O3S.ClH/c1-3-4-7-8(2)5-6-9(7)13(10,11)12;/h5-6H,3-4H2,1-2H3;1H. The van der Waals surface area contributed by atoms with Crippen LogP contribution in [-0.4, -0.2) is 16.9 Å². The van der Waals surface area contributed by atoms with E-state index in [1.807, 2.05) is 6.92 Å². The Labute approximate surface area is 89.7 Å². The number of nitrogens with zero attached hydrogens (tertiary/aromatic N) is 2. The second kappa shape index (κ2) is 4.77. The summed E-state index contributed by atoms with van der Waals surface area (Å²) in [5.41, 5.74) is 0. The molecule has 0 aromatic carbocycles. The molecule has 0 radical (unpaired) electrons. The third-order valence-corrected chi connectivity index (χ3v) is 2.64. The van der Waals surface area contributed by atoms with Gasteiger partial charge in [-0.1, -0.05) is 10.9 Å². The van der Waals surface area contributed by atoms with Crippen molar-refractivity contribution in [2.45, 2.75) is 19.8 Å². The molecule has 1 aromatic heterocycles. The first kappa shape index (κ1) is 13.4. The van der Waals surface area contributed by atoms with Crippen molar-refractivity contribution in [2.24, 2.45) is 7.05 Å². The lowest BCUT2D eigenvalue weighted by Crippen LogP contribution is -3.00. The van der Waals surface area contributed by atoms with Gasteiger partial charge < -0.3 is 12.4 Å². The number of aromatic nitrogens is 2. The van der Waals surface area contributed by atoms with Crippen LogP contribution in [0.1, 0.15) is 19.2 Å². The SMILES string of the molecule is CCCc1n(S(=O)(=O)O)cc[n+]1C.[Cl-]. The third kappa shape index (κ3) is 2.70.